The molecule has 0 unspecified atom stereocenters. The Bertz CT molecular complexity index is 352. The maximum Gasteiger partial charge on any atom is 0.288 e. The molecule has 0 aromatic heterocycles. The lowest BCUT2D eigenvalue weighted by molar-refractivity contribution is 0.109. The molecule has 1 aromatic carbocycles. The first kappa shape index (κ1) is 8.94. The molecule has 0 saturated carbocycles. The third-order valence-electron chi connectivity index (χ3n) is 1.97. The van der Waals surface area contributed by atoms with Crippen molar-refractivity contribution in [2.75, 3.05) is 4.90 Å². The SMILES string of the molecule is FC1(F)C=CN(c2ccccc2)C=C1. The molecule has 0 spiro atoms. The van der Waals surface area contributed by atoms with Crippen molar-refractivity contribution in [3.8, 4) is 0 Å². The summed E-state index contributed by atoms with van der Waals surface area (Å²) in [6.07, 6.45) is 4.49. The van der Waals surface area contributed by atoms with Crippen molar-refractivity contribution in [1.29, 1.82) is 0 Å². The van der Waals surface area contributed by atoms with Gasteiger partial charge < -0.3 is 4.90 Å². The van der Waals surface area contributed by atoms with Crippen LogP contribution >= 0.6 is 0 Å². The van der Waals surface area contributed by atoms with E-state index in [1.807, 2.05) is 30.3 Å². The Kier molecular flexibility index (Phi) is 2.08. The van der Waals surface area contributed by atoms with Gasteiger partial charge in [0.15, 0.2) is 0 Å². The van der Waals surface area contributed by atoms with Gasteiger partial charge in [0.2, 0.25) is 0 Å². The van der Waals surface area contributed by atoms with Crippen LogP contribution in [-0.2, 0) is 0 Å². The van der Waals surface area contributed by atoms with Crippen LogP contribution < -0.4 is 4.90 Å². The van der Waals surface area contributed by atoms with Gasteiger partial charge in [0, 0.05) is 30.2 Å². The number of alkyl halides is 2. The average molecular weight is 193 g/mol. The van der Waals surface area contributed by atoms with E-state index < -0.39 is 5.92 Å². The number of para-hydroxylation sites is 1. The van der Waals surface area contributed by atoms with Crippen LogP contribution in [0.5, 0.6) is 0 Å². The van der Waals surface area contributed by atoms with Crippen molar-refractivity contribution in [1.82, 2.24) is 0 Å². The summed E-state index contributed by atoms with van der Waals surface area (Å²) in [6, 6.07) is 9.33. The largest absolute Gasteiger partial charge is 0.324 e. The van der Waals surface area contributed by atoms with E-state index in [4.69, 9.17) is 0 Å². The Morgan fingerprint density at radius 2 is 1.50 bits per heavy atom. The molecule has 0 radical (unpaired) electrons. The molecule has 14 heavy (non-hydrogen) atoms. The second-order valence-electron chi connectivity index (χ2n) is 3.05. The highest BCUT2D eigenvalue weighted by Crippen LogP contribution is 2.24. The zero-order chi connectivity index (χ0) is 10.0. The highest BCUT2D eigenvalue weighted by molar-refractivity contribution is 5.53. The molecule has 0 atom stereocenters. The smallest absolute Gasteiger partial charge is 0.288 e. The van der Waals surface area contributed by atoms with Crippen LogP contribution in [-0.4, -0.2) is 5.92 Å². The molecule has 1 aliphatic rings. The maximum absolute atomic E-state index is 12.7. The first-order valence-corrected chi connectivity index (χ1v) is 4.27. The van der Waals surface area contributed by atoms with Crippen LogP contribution in [0, 0.1) is 0 Å². The standard InChI is InChI=1S/C11H9F2N/c12-11(13)6-8-14(9-7-11)10-4-2-1-3-5-10/h1-9H. The molecule has 1 nitrogen and oxygen atoms in total. The number of nitrogens with zero attached hydrogens (tertiary/aromatic N) is 1. The predicted molar refractivity (Wildman–Crippen MR) is 52.1 cm³/mol. The Labute approximate surface area is 81.0 Å². The van der Waals surface area contributed by atoms with E-state index in [-0.39, 0.29) is 0 Å². The Balaban J connectivity index is 2.22. The van der Waals surface area contributed by atoms with Crippen LogP contribution in [0.1, 0.15) is 0 Å². The van der Waals surface area contributed by atoms with Gasteiger partial charge in [-0.05, 0) is 12.1 Å². The molecule has 0 saturated heterocycles. The number of halogens is 2. The number of benzene rings is 1. The molecule has 1 aliphatic heterocycles. The van der Waals surface area contributed by atoms with E-state index in [1.54, 1.807) is 4.90 Å². The number of anilines is 1. The predicted octanol–water partition coefficient (Wildman–Crippen LogP) is 3.17. The molecule has 0 fully saturated rings. The fourth-order valence-electron chi connectivity index (χ4n) is 1.24. The Hall–Kier alpha value is -1.64. The monoisotopic (exact) mass is 193 g/mol. The maximum atomic E-state index is 12.7. The van der Waals surface area contributed by atoms with E-state index in [0.29, 0.717) is 0 Å². The summed E-state index contributed by atoms with van der Waals surface area (Å²) in [4.78, 5) is 1.65. The third kappa shape index (κ3) is 1.82. The van der Waals surface area contributed by atoms with Crippen molar-refractivity contribution in [2.24, 2.45) is 0 Å². The summed E-state index contributed by atoms with van der Waals surface area (Å²) in [5.74, 6) is -2.81. The van der Waals surface area contributed by atoms with Gasteiger partial charge in [-0.1, -0.05) is 18.2 Å². The number of hydrogen-bond donors (Lipinski definition) is 0. The summed E-state index contributed by atoms with van der Waals surface area (Å²) >= 11 is 0. The fraction of sp³-hybridized carbons (Fsp3) is 0.0909. The van der Waals surface area contributed by atoms with E-state index in [2.05, 4.69) is 0 Å². The molecule has 72 valence electrons. The molecular formula is C11H9F2N. The number of rotatable bonds is 1. The van der Waals surface area contributed by atoms with Gasteiger partial charge in [-0.3, -0.25) is 0 Å². The molecule has 0 amide bonds. The van der Waals surface area contributed by atoms with E-state index >= 15 is 0 Å². The van der Waals surface area contributed by atoms with Crippen LogP contribution in [0.4, 0.5) is 14.5 Å². The van der Waals surface area contributed by atoms with E-state index in [9.17, 15) is 8.78 Å². The molecule has 0 aliphatic carbocycles. The van der Waals surface area contributed by atoms with E-state index in [0.717, 1.165) is 17.8 Å². The van der Waals surface area contributed by atoms with Crippen LogP contribution in [0.3, 0.4) is 0 Å². The van der Waals surface area contributed by atoms with Crippen molar-refractivity contribution in [3.05, 3.63) is 54.9 Å². The summed E-state index contributed by atoms with van der Waals surface area (Å²) in [7, 11) is 0. The van der Waals surface area contributed by atoms with Crippen molar-refractivity contribution in [3.63, 3.8) is 0 Å². The summed E-state index contributed by atoms with van der Waals surface area (Å²) in [6.45, 7) is 0. The second-order valence-corrected chi connectivity index (χ2v) is 3.05. The minimum absolute atomic E-state index is 0.871. The van der Waals surface area contributed by atoms with Crippen molar-refractivity contribution in [2.45, 2.75) is 5.92 Å². The van der Waals surface area contributed by atoms with E-state index in [1.165, 1.54) is 12.4 Å². The first-order chi connectivity index (χ1) is 6.67. The lowest BCUT2D eigenvalue weighted by Crippen LogP contribution is -2.19. The highest BCUT2D eigenvalue weighted by Gasteiger charge is 2.23. The summed E-state index contributed by atoms with van der Waals surface area (Å²) in [5, 5.41) is 0. The normalized spacial score (nSPS) is 18.6. The Morgan fingerprint density at radius 3 is 2.07 bits per heavy atom. The molecule has 2 rings (SSSR count). The molecule has 0 bridgehead atoms. The molecule has 0 N–H and O–H groups in total. The minimum atomic E-state index is -2.81. The van der Waals surface area contributed by atoms with Crippen molar-refractivity contribution < 1.29 is 8.78 Å². The molecular weight excluding hydrogens is 184 g/mol. The van der Waals surface area contributed by atoms with Crippen LogP contribution in [0.2, 0.25) is 0 Å². The van der Waals surface area contributed by atoms with Gasteiger partial charge in [0.25, 0.3) is 5.92 Å². The van der Waals surface area contributed by atoms with Gasteiger partial charge in [-0.15, -0.1) is 0 Å². The van der Waals surface area contributed by atoms with Gasteiger partial charge in [0.1, 0.15) is 0 Å². The topological polar surface area (TPSA) is 3.24 Å². The molecule has 1 aromatic rings. The molecule has 1 heterocycles. The van der Waals surface area contributed by atoms with Crippen LogP contribution in [0.25, 0.3) is 0 Å². The summed E-state index contributed by atoms with van der Waals surface area (Å²) in [5.41, 5.74) is 0.871. The minimum Gasteiger partial charge on any atom is -0.324 e. The quantitative estimate of drug-likeness (QED) is 0.662. The number of allylic oxidation sites excluding steroid dienone is 2. The highest BCUT2D eigenvalue weighted by atomic mass is 19.3. The molecule has 3 heteroatoms. The number of hydrogen-bond acceptors (Lipinski definition) is 1. The van der Waals surface area contributed by atoms with Crippen LogP contribution in [0.15, 0.2) is 54.9 Å². The van der Waals surface area contributed by atoms with Gasteiger partial charge in [0.05, 0.1) is 0 Å². The lowest BCUT2D eigenvalue weighted by Gasteiger charge is -2.21. The zero-order valence-corrected chi connectivity index (χ0v) is 7.40. The fourth-order valence-corrected chi connectivity index (χ4v) is 1.24. The van der Waals surface area contributed by atoms with Gasteiger partial charge in [-0.2, -0.15) is 8.78 Å². The van der Waals surface area contributed by atoms with Gasteiger partial charge >= 0.3 is 0 Å². The summed E-state index contributed by atoms with van der Waals surface area (Å²) < 4.78 is 25.4. The second kappa shape index (κ2) is 3.25. The third-order valence-corrected chi connectivity index (χ3v) is 1.97. The Morgan fingerprint density at radius 1 is 0.929 bits per heavy atom. The first-order valence-electron chi connectivity index (χ1n) is 4.27. The zero-order valence-electron chi connectivity index (χ0n) is 7.40. The average Bonchev–Trinajstić information content (AvgIpc) is 2.19. The van der Waals surface area contributed by atoms with Crippen molar-refractivity contribution >= 4 is 5.69 Å². The lowest BCUT2D eigenvalue weighted by atomic mass is 10.2. The van der Waals surface area contributed by atoms with Gasteiger partial charge in [-0.25, -0.2) is 0 Å².